The van der Waals surface area contributed by atoms with E-state index in [-0.39, 0.29) is 17.0 Å². The van der Waals surface area contributed by atoms with Crippen molar-refractivity contribution < 1.29 is 0 Å². The van der Waals surface area contributed by atoms with Gasteiger partial charge in [0.05, 0.1) is 44.1 Å². The van der Waals surface area contributed by atoms with Crippen molar-refractivity contribution in [2.24, 2.45) is 9.98 Å². The molecule has 4 aromatic heterocycles. The summed E-state index contributed by atoms with van der Waals surface area (Å²) < 4.78 is 9.73. The van der Waals surface area contributed by atoms with Gasteiger partial charge in [-0.2, -0.15) is 0 Å². The van der Waals surface area contributed by atoms with E-state index in [0.717, 1.165) is 56.1 Å². The van der Waals surface area contributed by atoms with E-state index in [1.54, 1.807) is 0 Å². The second kappa shape index (κ2) is 24.2. The van der Waals surface area contributed by atoms with Crippen LogP contribution < -0.4 is 5.32 Å². The molecule has 7 nitrogen and oxygen atoms in total. The molecule has 528 valence electrons. The Kier molecular flexibility index (Phi) is 13.8. The molecule has 0 amide bonds. The molecule has 112 heavy (non-hydrogen) atoms. The van der Waals surface area contributed by atoms with Crippen LogP contribution in [-0.2, 0) is 10.8 Å². The number of nitrogens with zero attached hydrogens (tertiary/aromatic N) is 6. The standard InChI is InChI=1S/C105H73N7/c1-104(2)89-31-14-8-25-77(89)79-51-49-75(62-91(79)104)111-95-35-18-12-29-83(95)87-60-70(45-55-99(87)111)68-43-53-97-85(58-68)81-27-10-16-33-93(81)109(97)73-47-41-65(42-48-73)64-37-39-67(40-38-64)102-106-101(66-21-6-5-7-22-66)107-103(108-102)72-23-20-24-74(57-72)110-94-34-17-11-28-82(94)86-59-69(44-54-98(86)110)71-46-56-100-88(61-71)84-30-13-19-36-96(84)112(100)76-50-52-80-78-26-9-15-32-90(78)105(3,4)92(80)63-76/h5-63,101H,1-4H3,(H,106,107,108). The van der Waals surface area contributed by atoms with Crippen LogP contribution in [0.1, 0.15) is 72.8 Å². The van der Waals surface area contributed by atoms with Gasteiger partial charge in [-0.15, -0.1) is 0 Å². The number of nitrogens with one attached hydrogen (secondary N) is 1. The number of aliphatic imine (C=N–C) groups is 2. The summed E-state index contributed by atoms with van der Waals surface area (Å²) in [6.45, 7) is 9.44. The molecular weight excluding hydrogens is 1360 g/mol. The molecule has 16 aromatic carbocycles. The van der Waals surface area contributed by atoms with Crippen LogP contribution in [0.5, 0.6) is 0 Å². The lowest BCUT2D eigenvalue weighted by atomic mass is 9.82. The summed E-state index contributed by atoms with van der Waals surface area (Å²) in [7, 11) is 0. The fourth-order valence-corrected chi connectivity index (χ4v) is 19.3. The largest absolute Gasteiger partial charge is 0.344 e. The van der Waals surface area contributed by atoms with Gasteiger partial charge in [0, 0.05) is 87.8 Å². The number of aromatic nitrogens is 4. The molecule has 2 aliphatic carbocycles. The van der Waals surface area contributed by atoms with Crippen molar-refractivity contribution in [3.63, 3.8) is 0 Å². The van der Waals surface area contributed by atoms with Gasteiger partial charge in [-0.1, -0.05) is 264 Å². The van der Waals surface area contributed by atoms with Crippen LogP contribution in [0, 0.1) is 0 Å². The third-order valence-electron chi connectivity index (χ3n) is 24.8. The number of fused-ring (bicyclic) bond motifs is 18. The Morgan fingerprint density at radius 2 is 0.580 bits per heavy atom. The van der Waals surface area contributed by atoms with Crippen LogP contribution in [0.15, 0.2) is 368 Å². The fraction of sp³-hybridized carbons (Fsp3) is 0.0667. The quantitative estimate of drug-likeness (QED) is 0.146. The van der Waals surface area contributed by atoms with Crippen molar-refractivity contribution >= 4 is 98.9 Å². The molecule has 0 radical (unpaired) electrons. The first-order chi connectivity index (χ1) is 55.0. The SMILES string of the molecule is CC1(C)c2ccccc2-c2ccc(-n3c4ccccc4c4cc(-c5ccc6c(c5)c5ccccc5n6-c5ccc(-c6ccc(C7=NC(c8ccccc8)NC(c8cccc(-n9c%10ccccc%10c%10cc(-c%11ccc%12c(c%11)c%11ccccc%11n%12-c%11ccc%12c(c%11)C(C)(C)c%11ccccc%11-%12)ccc%109)c8)=N7)cc6)cc5)ccc43)cc21. The summed E-state index contributed by atoms with van der Waals surface area (Å²) in [5.41, 5.74) is 34.5. The van der Waals surface area contributed by atoms with Crippen LogP contribution in [0.4, 0.5) is 0 Å². The number of rotatable bonds is 10. The van der Waals surface area contributed by atoms with Crippen LogP contribution >= 0.6 is 0 Å². The maximum Gasteiger partial charge on any atom is 0.159 e. The third-order valence-corrected chi connectivity index (χ3v) is 24.8. The Morgan fingerprint density at radius 1 is 0.241 bits per heavy atom. The number of benzene rings is 16. The van der Waals surface area contributed by atoms with E-state index in [9.17, 15) is 0 Å². The van der Waals surface area contributed by atoms with Gasteiger partial charge in [0.1, 0.15) is 12.0 Å². The lowest BCUT2D eigenvalue weighted by Crippen LogP contribution is -2.33. The van der Waals surface area contributed by atoms with Crippen molar-refractivity contribution in [1.29, 1.82) is 0 Å². The number of hydrogen-bond donors (Lipinski definition) is 1. The minimum Gasteiger partial charge on any atom is -0.344 e. The topological polar surface area (TPSA) is 56.5 Å². The summed E-state index contributed by atoms with van der Waals surface area (Å²) in [6.07, 6.45) is -0.363. The normalized spacial score (nSPS) is 14.7. The summed E-state index contributed by atoms with van der Waals surface area (Å²) in [6, 6.07) is 132. The molecule has 0 saturated heterocycles. The average Bonchev–Trinajstić information content (AvgIpc) is 1.57. The Hall–Kier alpha value is -14.1. The molecule has 1 aliphatic heterocycles. The number of para-hydroxylation sites is 4. The van der Waals surface area contributed by atoms with Crippen LogP contribution in [0.3, 0.4) is 0 Å². The van der Waals surface area contributed by atoms with E-state index < -0.39 is 0 Å². The maximum absolute atomic E-state index is 5.38. The zero-order chi connectivity index (χ0) is 74.2. The summed E-state index contributed by atoms with van der Waals surface area (Å²) in [5.74, 6) is 1.43. The Labute approximate surface area is 648 Å². The van der Waals surface area contributed by atoms with Gasteiger partial charge in [-0.25, -0.2) is 9.98 Å². The van der Waals surface area contributed by atoms with E-state index in [1.807, 2.05) is 0 Å². The van der Waals surface area contributed by atoms with Gasteiger partial charge in [-0.3, -0.25) is 0 Å². The summed E-state index contributed by atoms with van der Waals surface area (Å²) in [4.78, 5) is 10.7. The second-order valence-electron chi connectivity index (χ2n) is 31.7. The summed E-state index contributed by atoms with van der Waals surface area (Å²) >= 11 is 0. The predicted molar refractivity (Wildman–Crippen MR) is 467 cm³/mol. The first-order valence-corrected chi connectivity index (χ1v) is 39.0. The highest BCUT2D eigenvalue weighted by Crippen LogP contribution is 2.52. The van der Waals surface area contributed by atoms with Crippen molar-refractivity contribution in [2.45, 2.75) is 44.7 Å². The molecule has 1 atom stereocenters. The molecule has 0 bridgehead atoms. The predicted octanol–water partition coefficient (Wildman–Crippen LogP) is 26.2. The van der Waals surface area contributed by atoms with E-state index >= 15 is 0 Å². The monoisotopic (exact) mass is 1430 g/mol. The second-order valence-corrected chi connectivity index (χ2v) is 31.7. The highest BCUT2D eigenvalue weighted by Gasteiger charge is 2.37. The Balaban J connectivity index is 0.540. The maximum atomic E-state index is 5.38. The van der Waals surface area contributed by atoms with Crippen molar-refractivity contribution in [2.75, 3.05) is 0 Å². The average molecular weight is 1430 g/mol. The molecule has 0 spiro atoms. The van der Waals surface area contributed by atoms with E-state index in [1.165, 1.54) is 154 Å². The zero-order valence-electron chi connectivity index (χ0n) is 62.3. The molecule has 0 saturated carbocycles. The molecule has 23 rings (SSSR count). The number of hydrogen-bond acceptors (Lipinski definition) is 3. The molecule has 3 aliphatic rings. The minimum absolute atomic E-state index is 0.0927. The lowest BCUT2D eigenvalue weighted by molar-refractivity contribution is 0.660. The molecule has 1 N–H and O–H groups in total. The first-order valence-electron chi connectivity index (χ1n) is 39.0. The van der Waals surface area contributed by atoms with E-state index in [2.05, 4.69) is 409 Å². The van der Waals surface area contributed by atoms with Gasteiger partial charge in [0.15, 0.2) is 5.84 Å². The third kappa shape index (κ3) is 9.59. The van der Waals surface area contributed by atoms with Crippen LogP contribution in [0.25, 0.3) is 166 Å². The summed E-state index contributed by atoms with van der Waals surface area (Å²) in [5, 5.41) is 13.6. The van der Waals surface area contributed by atoms with E-state index in [0.29, 0.717) is 5.84 Å². The minimum atomic E-state index is -0.363. The van der Waals surface area contributed by atoms with Gasteiger partial charge >= 0.3 is 0 Å². The van der Waals surface area contributed by atoms with Gasteiger partial charge in [0.2, 0.25) is 0 Å². The van der Waals surface area contributed by atoms with Crippen molar-refractivity contribution in [3.05, 3.63) is 397 Å². The smallest absolute Gasteiger partial charge is 0.159 e. The van der Waals surface area contributed by atoms with Crippen LogP contribution in [0.2, 0.25) is 0 Å². The van der Waals surface area contributed by atoms with E-state index in [4.69, 9.17) is 9.98 Å². The molecule has 7 heteroatoms. The van der Waals surface area contributed by atoms with Gasteiger partial charge in [-0.05, 0) is 205 Å². The first kappa shape index (κ1) is 63.9. The molecule has 0 fully saturated rings. The van der Waals surface area contributed by atoms with Gasteiger partial charge in [0.25, 0.3) is 0 Å². The lowest BCUT2D eigenvalue weighted by Gasteiger charge is -2.24. The molecule has 20 aromatic rings. The van der Waals surface area contributed by atoms with Crippen molar-refractivity contribution in [1.82, 2.24) is 23.6 Å². The highest BCUT2D eigenvalue weighted by atomic mass is 15.2. The van der Waals surface area contributed by atoms with Gasteiger partial charge < -0.3 is 23.6 Å². The number of amidine groups is 2. The fourth-order valence-electron chi connectivity index (χ4n) is 19.3. The van der Waals surface area contributed by atoms with Crippen LogP contribution in [-0.4, -0.2) is 29.9 Å². The Bertz CT molecular complexity index is 7450. The Morgan fingerprint density at radius 3 is 1.03 bits per heavy atom. The highest BCUT2D eigenvalue weighted by molar-refractivity contribution is 6.17. The molecule has 1 unspecified atom stereocenters. The molecular formula is C105H73N7. The van der Waals surface area contributed by atoms with Crippen molar-refractivity contribution in [3.8, 4) is 78.4 Å². The zero-order valence-corrected chi connectivity index (χ0v) is 62.3. The molecule has 5 heterocycles.